The van der Waals surface area contributed by atoms with Crippen molar-refractivity contribution >= 4 is 17.7 Å². The highest BCUT2D eigenvalue weighted by Gasteiger charge is 2.32. The molecule has 0 bridgehead atoms. The summed E-state index contributed by atoms with van der Waals surface area (Å²) in [5.41, 5.74) is 5.86. The fourth-order valence-corrected chi connectivity index (χ4v) is 5.34. The molecule has 2 aromatic rings. The predicted octanol–water partition coefficient (Wildman–Crippen LogP) is 5.93. The highest BCUT2D eigenvalue weighted by molar-refractivity contribution is 5.97. The van der Waals surface area contributed by atoms with Crippen LogP contribution in [0.1, 0.15) is 69.0 Å². The molecule has 1 atom stereocenters. The molecule has 1 saturated carbocycles. The lowest BCUT2D eigenvalue weighted by molar-refractivity contribution is -0.116. The van der Waals surface area contributed by atoms with E-state index in [9.17, 15) is 9.59 Å². The van der Waals surface area contributed by atoms with Crippen LogP contribution in [0.3, 0.4) is 0 Å². The molecule has 6 heteroatoms. The van der Waals surface area contributed by atoms with Crippen LogP contribution in [-0.2, 0) is 16.1 Å². The maximum absolute atomic E-state index is 12.6. The van der Waals surface area contributed by atoms with Crippen molar-refractivity contribution in [3.63, 3.8) is 0 Å². The van der Waals surface area contributed by atoms with Gasteiger partial charge in [-0.05, 0) is 79.6 Å². The molecule has 2 aliphatic heterocycles. The molecule has 1 aliphatic carbocycles. The average molecular weight is 474 g/mol. The molecule has 0 spiro atoms. The SMILES string of the molecule is C=C1C[C@H](NC(=O)OC2CCC2)c2cc(-c3ccc(CN4CCCCC4)cc3)ccc2N1C(C)=O. The number of ether oxygens (including phenoxy) is 1. The number of alkyl carbamates (subject to hydrolysis) is 1. The summed E-state index contributed by atoms with van der Waals surface area (Å²) < 4.78 is 5.54. The number of anilines is 1. The maximum atomic E-state index is 12.6. The van der Waals surface area contributed by atoms with Crippen molar-refractivity contribution in [1.29, 1.82) is 0 Å². The van der Waals surface area contributed by atoms with Crippen molar-refractivity contribution in [2.45, 2.75) is 70.6 Å². The van der Waals surface area contributed by atoms with E-state index in [1.165, 1.54) is 37.9 Å². The molecule has 0 radical (unpaired) electrons. The summed E-state index contributed by atoms with van der Waals surface area (Å²) in [7, 11) is 0. The van der Waals surface area contributed by atoms with Gasteiger partial charge in [0.15, 0.2) is 0 Å². The quantitative estimate of drug-likeness (QED) is 0.585. The summed E-state index contributed by atoms with van der Waals surface area (Å²) in [4.78, 5) is 29.1. The Balaban J connectivity index is 1.38. The zero-order valence-corrected chi connectivity index (χ0v) is 20.6. The number of benzene rings is 2. The van der Waals surface area contributed by atoms with E-state index in [-0.39, 0.29) is 18.1 Å². The van der Waals surface area contributed by atoms with Gasteiger partial charge in [-0.1, -0.05) is 43.3 Å². The summed E-state index contributed by atoms with van der Waals surface area (Å²) in [6, 6.07) is 14.5. The van der Waals surface area contributed by atoms with Gasteiger partial charge in [0.05, 0.1) is 11.7 Å². The third-order valence-corrected chi connectivity index (χ3v) is 7.47. The van der Waals surface area contributed by atoms with Crippen LogP contribution < -0.4 is 10.2 Å². The number of amides is 2. The van der Waals surface area contributed by atoms with E-state index in [0.717, 1.165) is 48.2 Å². The number of piperidine rings is 1. The van der Waals surface area contributed by atoms with E-state index >= 15 is 0 Å². The second kappa shape index (κ2) is 10.2. The lowest BCUT2D eigenvalue weighted by Crippen LogP contribution is -2.40. The molecule has 0 aromatic heterocycles. The number of nitrogens with zero attached hydrogens (tertiary/aromatic N) is 2. The van der Waals surface area contributed by atoms with Gasteiger partial charge in [-0.2, -0.15) is 0 Å². The molecule has 0 unspecified atom stereocenters. The summed E-state index contributed by atoms with van der Waals surface area (Å²) in [6.45, 7) is 9.01. The maximum Gasteiger partial charge on any atom is 0.407 e. The van der Waals surface area contributed by atoms with Crippen molar-refractivity contribution < 1.29 is 14.3 Å². The van der Waals surface area contributed by atoms with Crippen molar-refractivity contribution in [3.8, 4) is 11.1 Å². The Morgan fingerprint density at radius 3 is 2.37 bits per heavy atom. The Kier molecular flexibility index (Phi) is 6.91. The highest BCUT2D eigenvalue weighted by Crippen LogP contribution is 2.41. The van der Waals surface area contributed by atoms with Gasteiger partial charge in [0.1, 0.15) is 6.10 Å². The average Bonchev–Trinajstić information content (AvgIpc) is 2.82. The number of rotatable bonds is 5. The first-order valence-corrected chi connectivity index (χ1v) is 12.9. The zero-order chi connectivity index (χ0) is 24.4. The van der Waals surface area contributed by atoms with Gasteiger partial charge in [0, 0.05) is 25.6 Å². The van der Waals surface area contributed by atoms with Crippen LogP contribution in [0.25, 0.3) is 11.1 Å². The van der Waals surface area contributed by atoms with Crippen LogP contribution in [0.5, 0.6) is 0 Å². The van der Waals surface area contributed by atoms with Crippen molar-refractivity contribution in [3.05, 3.63) is 65.9 Å². The second-order valence-corrected chi connectivity index (χ2v) is 10.1. The van der Waals surface area contributed by atoms with Crippen molar-refractivity contribution in [1.82, 2.24) is 10.2 Å². The summed E-state index contributed by atoms with van der Waals surface area (Å²) >= 11 is 0. The van der Waals surface area contributed by atoms with Crippen LogP contribution in [0.2, 0.25) is 0 Å². The fourth-order valence-electron chi connectivity index (χ4n) is 5.34. The minimum Gasteiger partial charge on any atom is -0.446 e. The van der Waals surface area contributed by atoms with Crippen LogP contribution in [-0.4, -0.2) is 36.1 Å². The zero-order valence-electron chi connectivity index (χ0n) is 20.6. The number of hydrogen-bond donors (Lipinski definition) is 1. The number of likely N-dealkylation sites (tertiary alicyclic amines) is 1. The largest absolute Gasteiger partial charge is 0.446 e. The van der Waals surface area contributed by atoms with Gasteiger partial charge < -0.3 is 10.1 Å². The Bertz CT molecular complexity index is 1100. The van der Waals surface area contributed by atoms with E-state index in [0.29, 0.717) is 12.1 Å². The molecular formula is C29H35N3O3. The smallest absolute Gasteiger partial charge is 0.407 e. The Morgan fingerprint density at radius 2 is 1.71 bits per heavy atom. The van der Waals surface area contributed by atoms with Gasteiger partial charge in [0.25, 0.3) is 0 Å². The van der Waals surface area contributed by atoms with Crippen molar-refractivity contribution in [2.75, 3.05) is 18.0 Å². The van der Waals surface area contributed by atoms with Gasteiger partial charge >= 0.3 is 6.09 Å². The van der Waals surface area contributed by atoms with E-state index in [1.54, 1.807) is 11.8 Å². The monoisotopic (exact) mass is 473 g/mol. The number of carbonyl (C=O) groups is 2. The molecule has 1 N–H and O–H groups in total. The third kappa shape index (κ3) is 5.27. The van der Waals surface area contributed by atoms with Crippen molar-refractivity contribution in [2.24, 2.45) is 0 Å². The molecule has 2 amide bonds. The highest BCUT2D eigenvalue weighted by atomic mass is 16.6. The van der Waals surface area contributed by atoms with E-state index in [1.807, 2.05) is 12.1 Å². The minimum atomic E-state index is -0.401. The molecule has 3 aliphatic rings. The first-order chi connectivity index (χ1) is 17.0. The fraction of sp³-hybridized carbons (Fsp3) is 0.448. The summed E-state index contributed by atoms with van der Waals surface area (Å²) in [5.74, 6) is -0.0819. The molecule has 2 aromatic carbocycles. The van der Waals surface area contributed by atoms with Crippen LogP contribution in [0.4, 0.5) is 10.5 Å². The second-order valence-electron chi connectivity index (χ2n) is 10.1. The number of carbonyl (C=O) groups excluding carboxylic acids is 2. The molecule has 5 rings (SSSR count). The normalized spacial score (nSPS) is 20.7. The van der Waals surface area contributed by atoms with E-state index in [4.69, 9.17) is 4.74 Å². The van der Waals surface area contributed by atoms with Gasteiger partial charge in [-0.25, -0.2) is 4.79 Å². The Labute approximate surface area is 207 Å². The number of hydrogen-bond acceptors (Lipinski definition) is 4. The van der Waals surface area contributed by atoms with Gasteiger partial charge in [0.2, 0.25) is 5.91 Å². The predicted molar refractivity (Wildman–Crippen MR) is 138 cm³/mol. The molecule has 184 valence electrons. The molecular weight excluding hydrogens is 438 g/mol. The van der Waals surface area contributed by atoms with Gasteiger partial charge in [-0.3, -0.25) is 14.6 Å². The van der Waals surface area contributed by atoms with E-state index < -0.39 is 6.09 Å². The molecule has 2 heterocycles. The number of nitrogens with one attached hydrogen (secondary N) is 1. The lowest BCUT2D eigenvalue weighted by atomic mass is 9.91. The standard InChI is InChI=1S/C29H35N3O3/c1-20-17-27(30-29(34)35-25-7-6-8-25)26-18-24(13-14-28(26)32(20)21(2)33)23-11-9-22(10-12-23)19-31-15-4-3-5-16-31/h9-14,18,25,27H,1,3-8,15-17,19H2,2H3,(H,30,34)/t27-/m0/s1. The topological polar surface area (TPSA) is 61.9 Å². The van der Waals surface area contributed by atoms with Crippen LogP contribution in [0, 0.1) is 0 Å². The van der Waals surface area contributed by atoms with Gasteiger partial charge in [-0.15, -0.1) is 0 Å². The number of fused-ring (bicyclic) bond motifs is 1. The first-order valence-electron chi connectivity index (χ1n) is 12.9. The van der Waals surface area contributed by atoms with E-state index in [2.05, 4.69) is 47.1 Å². The molecule has 35 heavy (non-hydrogen) atoms. The minimum absolute atomic E-state index is 0.0183. The lowest BCUT2D eigenvalue weighted by Gasteiger charge is -2.36. The third-order valence-electron chi connectivity index (χ3n) is 7.47. The molecule has 6 nitrogen and oxygen atoms in total. The summed E-state index contributed by atoms with van der Waals surface area (Å²) in [6.07, 6.45) is 6.97. The summed E-state index contributed by atoms with van der Waals surface area (Å²) in [5, 5.41) is 3.03. The first kappa shape index (κ1) is 23.6. The van der Waals surface area contributed by atoms with Crippen LogP contribution in [0.15, 0.2) is 54.7 Å². The Hall–Kier alpha value is -3.12. The molecule has 1 saturated heterocycles. The Morgan fingerprint density at radius 1 is 1.00 bits per heavy atom. The van der Waals surface area contributed by atoms with Crippen LogP contribution >= 0.6 is 0 Å². The molecule has 2 fully saturated rings.